The molecule has 1 heteroatoms. The van der Waals surface area contributed by atoms with Crippen LogP contribution in [0.4, 0.5) is 0 Å². The minimum absolute atomic E-state index is 0.898. The lowest BCUT2D eigenvalue weighted by Crippen LogP contribution is -2.43. The van der Waals surface area contributed by atoms with Crippen molar-refractivity contribution in [1.82, 2.24) is 4.90 Å². The summed E-state index contributed by atoms with van der Waals surface area (Å²) in [5.74, 6) is 0.954. The zero-order valence-corrected chi connectivity index (χ0v) is 6.72. The number of hydrogen-bond acceptors (Lipinski definition) is 1. The van der Waals surface area contributed by atoms with Crippen molar-refractivity contribution >= 4 is 0 Å². The van der Waals surface area contributed by atoms with E-state index < -0.39 is 0 Å². The lowest BCUT2D eigenvalue weighted by atomic mass is 9.80. The molecule has 54 valence electrons. The Morgan fingerprint density at radius 3 is 2.22 bits per heavy atom. The Balaban J connectivity index is 2.25. The second kappa shape index (κ2) is 2.70. The van der Waals surface area contributed by atoms with Crippen molar-refractivity contribution in [2.24, 2.45) is 5.92 Å². The molecule has 0 bridgehead atoms. The average Bonchev–Trinajstić information content (AvgIpc) is 1.84. The molecule has 1 saturated carbocycles. The highest BCUT2D eigenvalue weighted by molar-refractivity contribution is 4.83. The van der Waals surface area contributed by atoms with Gasteiger partial charge in [-0.2, -0.15) is 0 Å². The first-order valence-electron chi connectivity index (χ1n) is 3.96. The van der Waals surface area contributed by atoms with E-state index in [0.29, 0.717) is 0 Å². The van der Waals surface area contributed by atoms with Crippen molar-refractivity contribution < 1.29 is 0 Å². The van der Waals surface area contributed by atoms with Gasteiger partial charge in [0.25, 0.3) is 0 Å². The second-order valence-corrected chi connectivity index (χ2v) is 3.20. The van der Waals surface area contributed by atoms with Crippen molar-refractivity contribution in [1.29, 1.82) is 0 Å². The fourth-order valence-corrected chi connectivity index (χ4v) is 1.54. The Morgan fingerprint density at radius 1 is 1.44 bits per heavy atom. The summed E-state index contributed by atoms with van der Waals surface area (Å²) < 4.78 is 0. The summed E-state index contributed by atoms with van der Waals surface area (Å²) >= 11 is 0. The third-order valence-electron chi connectivity index (χ3n) is 2.64. The molecule has 1 fully saturated rings. The third kappa shape index (κ3) is 1.26. The van der Waals surface area contributed by atoms with E-state index in [1.807, 2.05) is 0 Å². The minimum atomic E-state index is 0.898. The summed E-state index contributed by atoms with van der Waals surface area (Å²) in [5.41, 5.74) is 0. The van der Waals surface area contributed by atoms with Crippen LogP contribution in [0.2, 0.25) is 0 Å². The Morgan fingerprint density at radius 2 is 2.11 bits per heavy atom. The average molecular weight is 127 g/mol. The highest BCUT2D eigenvalue weighted by Gasteiger charge is 2.28. The Bertz CT molecular complexity index is 90.6. The molecule has 0 saturated heterocycles. The van der Waals surface area contributed by atoms with Crippen molar-refractivity contribution in [2.45, 2.75) is 32.7 Å². The van der Waals surface area contributed by atoms with Crippen molar-refractivity contribution in [2.75, 3.05) is 13.6 Å². The van der Waals surface area contributed by atoms with E-state index >= 15 is 0 Å². The van der Waals surface area contributed by atoms with Gasteiger partial charge in [-0.05, 0) is 32.4 Å². The molecule has 9 heavy (non-hydrogen) atoms. The van der Waals surface area contributed by atoms with E-state index in [0.717, 1.165) is 12.0 Å². The second-order valence-electron chi connectivity index (χ2n) is 3.20. The molecule has 0 aromatic heterocycles. The zero-order valence-electron chi connectivity index (χ0n) is 6.72. The topological polar surface area (TPSA) is 3.24 Å². The summed E-state index contributed by atoms with van der Waals surface area (Å²) in [5, 5.41) is 0. The van der Waals surface area contributed by atoms with Crippen LogP contribution in [0, 0.1) is 5.92 Å². The van der Waals surface area contributed by atoms with Crippen LogP contribution in [0.15, 0.2) is 0 Å². The summed E-state index contributed by atoms with van der Waals surface area (Å²) in [6, 6.07) is 0.898. The molecule has 1 aliphatic rings. The summed E-state index contributed by atoms with van der Waals surface area (Å²) in [4.78, 5) is 2.45. The molecule has 0 aromatic rings. The van der Waals surface area contributed by atoms with Gasteiger partial charge in [0.05, 0.1) is 0 Å². The van der Waals surface area contributed by atoms with Gasteiger partial charge in [-0.15, -0.1) is 0 Å². The van der Waals surface area contributed by atoms with Crippen LogP contribution < -0.4 is 0 Å². The van der Waals surface area contributed by atoms with E-state index in [9.17, 15) is 0 Å². The SMILES string of the molecule is CCN(C)C1CCC1C. The van der Waals surface area contributed by atoms with Gasteiger partial charge in [0.15, 0.2) is 0 Å². The Kier molecular flexibility index (Phi) is 2.12. The van der Waals surface area contributed by atoms with Crippen molar-refractivity contribution in [3.05, 3.63) is 0 Å². The van der Waals surface area contributed by atoms with Gasteiger partial charge in [0.1, 0.15) is 0 Å². The quantitative estimate of drug-likeness (QED) is 0.546. The van der Waals surface area contributed by atoms with Gasteiger partial charge >= 0.3 is 0 Å². The standard InChI is InChI=1S/C8H17N/c1-4-9(3)8-6-5-7(8)2/h7-8H,4-6H2,1-3H3. The van der Waals surface area contributed by atoms with Crippen LogP contribution in [0.5, 0.6) is 0 Å². The van der Waals surface area contributed by atoms with Gasteiger partial charge in [-0.25, -0.2) is 0 Å². The molecule has 0 aliphatic heterocycles. The Hall–Kier alpha value is -0.0400. The van der Waals surface area contributed by atoms with E-state index in [-0.39, 0.29) is 0 Å². The molecule has 0 aromatic carbocycles. The van der Waals surface area contributed by atoms with E-state index in [4.69, 9.17) is 0 Å². The fourth-order valence-electron chi connectivity index (χ4n) is 1.54. The lowest BCUT2D eigenvalue weighted by Gasteiger charge is -2.40. The minimum Gasteiger partial charge on any atom is -0.303 e. The molecule has 2 atom stereocenters. The van der Waals surface area contributed by atoms with E-state index in [1.54, 1.807) is 0 Å². The van der Waals surface area contributed by atoms with Crippen molar-refractivity contribution in [3.8, 4) is 0 Å². The first-order chi connectivity index (χ1) is 4.25. The maximum atomic E-state index is 2.45. The van der Waals surface area contributed by atoms with Crippen LogP contribution in [-0.4, -0.2) is 24.5 Å². The summed E-state index contributed by atoms with van der Waals surface area (Å²) in [6.07, 6.45) is 2.86. The monoisotopic (exact) mass is 127 g/mol. The molecule has 0 amide bonds. The molecule has 0 spiro atoms. The first kappa shape index (κ1) is 7.07. The van der Waals surface area contributed by atoms with E-state index in [2.05, 4.69) is 25.8 Å². The Labute approximate surface area is 58.0 Å². The number of rotatable bonds is 2. The van der Waals surface area contributed by atoms with Gasteiger partial charge in [-0.1, -0.05) is 13.8 Å². The predicted octanol–water partition coefficient (Wildman–Crippen LogP) is 1.74. The van der Waals surface area contributed by atoms with Crippen LogP contribution in [0.25, 0.3) is 0 Å². The molecule has 0 radical (unpaired) electrons. The van der Waals surface area contributed by atoms with Crippen LogP contribution in [0.1, 0.15) is 26.7 Å². The first-order valence-corrected chi connectivity index (χ1v) is 3.96. The molecule has 1 nitrogen and oxygen atoms in total. The highest BCUT2D eigenvalue weighted by Crippen LogP contribution is 2.30. The molecular weight excluding hydrogens is 110 g/mol. The maximum Gasteiger partial charge on any atom is 0.0118 e. The number of hydrogen-bond donors (Lipinski definition) is 0. The molecule has 0 N–H and O–H groups in total. The van der Waals surface area contributed by atoms with Gasteiger partial charge in [0, 0.05) is 6.04 Å². The van der Waals surface area contributed by atoms with Gasteiger partial charge in [0.2, 0.25) is 0 Å². The van der Waals surface area contributed by atoms with E-state index in [1.165, 1.54) is 19.4 Å². The predicted molar refractivity (Wildman–Crippen MR) is 40.5 cm³/mol. The molecule has 1 rings (SSSR count). The number of nitrogens with zero attached hydrogens (tertiary/aromatic N) is 1. The van der Waals surface area contributed by atoms with Crippen molar-refractivity contribution in [3.63, 3.8) is 0 Å². The van der Waals surface area contributed by atoms with Crippen LogP contribution in [-0.2, 0) is 0 Å². The summed E-state index contributed by atoms with van der Waals surface area (Å²) in [7, 11) is 2.22. The lowest BCUT2D eigenvalue weighted by molar-refractivity contribution is 0.101. The fraction of sp³-hybridized carbons (Fsp3) is 1.00. The van der Waals surface area contributed by atoms with Gasteiger partial charge in [-0.3, -0.25) is 0 Å². The molecular formula is C8H17N. The normalized spacial score (nSPS) is 34.7. The highest BCUT2D eigenvalue weighted by atomic mass is 15.1. The zero-order chi connectivity index (χ0) is 6.85. The largest absolute Gasteiger partial charge is 0.303 e. The molecule has 2 unspecified atom stereocenters. The van der Waals surface area contributed by atoms with Crippen LogP contribution >= 0.6 is 0 Å². The summed E-state index contributed by atoms with van der Waals surface area (Å²) in [6.45, 7) is 5.78. The van der Waals surface area contributed by atoms with Crippen LogP contribution in [0.3, 0.4) is 0 Å². The molecule has 0 heterocycles. The smallest absolute Gasteiger partial charge is 0.0118 e. The third-order valence-corrected chi connectivity index (χ3v) is 2.64. The van der Waals surface area contributed by atoms with Gasteiger partial charge < -0.3 is 4.90 Å². The molecule has 1 aliphatic carbocycles. The maximum absolute atomic E-state index is 2.45.